The number of hydrogen-bond donors (Lipinski definition) is 2. The number of methoxy groups -OCH3 is 1. The van der Waals surface area contributed by atoms with E-state index in [4.69, 9.17) is 9.84 Å². The van der Waals surface area contributed by atoms with Crippen molar-refractivity contribution in [1.82, 2.24) is 5.32 Å². The van der Waals surface area contributed by atoms with Gasteiger partial charge < -0.3 is 15.2 Å². The molecule has 4 heteroatoms. The normalized spacial score (nSPS) is 12.5. The van der Waals surface area contributed by atoms with Crippen LogP contribution in [0, 0.1) is 5.82 Å². The molecule has 0 amide bonds. The van der Waals surface area contributed by atoms with Crippen LogP contribution >= 0.6 is 0 Å². The average molecular weight is 213 g/mol. The molecule has 0 unspecified atom stereocenters. The molecule has 0 saturated heterocycles. The van der Waals surface area contributed by atoms with Crippen molar-refractivity contribution in [2.75, 3.05) is 13.7 Å². The van der Waals surface area contributed by atoms with Crippen LogP contribution < -0.4 is 10.1 Å². The first-order chi connectivity index (χ1) is 7.17. The van der Waals surface area contributed by atoms with E-state index in [2.05, 4.69) is 5.32 Å². The Labute approximate surface area is 88.9 Å². The molecule has 0 aliphatic heterocycles. The molecule has 0 spiro atoms. The van der Waals surface area contributed by atoms with Crippen LogP contribution in [-0.4, -0.2) is 24.9 Å². The summed E-state index contributed by atoms with van der Waals surface area (Å²) in [6.45, 7) is 2.46. The van der Waals surface area contributed by atoms with Gasteiger partial charge in [0.05, 0.1) is 13.7 Å². The van der Waals surface area contributed by atoms with E-state index in [1.54, 1.807) is 12.1 Å². The van der Waals surface area contributed by atoms with E-state index in [9.17, 15) is 4.39 Å². The largest absolute Gasteiger partial charge is 0.494 e. The van der Waals surface area contributed by atoms with Crippen LogP contribution in [0.5, 0.6) is 5.75 Å². The lowest BCUT2D eigenvalue weighted by molar-refractivity contribution is 0.251. The predicted octanol–water partition coefficient (Wildman–Crippen LogP) is 1.30. The lowest BCUT2D eigenvalue weighted by Gasteiger charge is -2.11. The highest BCUT2D eigenvalue weighted by atomic mass is 19.1. The van der Waals surface area contributed by atoms with E-state index in [1.165, 1.54) is 13.2 Å². The van der Waals surface area contributed by atoms with Gasteiger partial charge in [0.1, 0.15) is 0 Å². The second-order valence-corrected chi connectivity index (χ2v) is 3.43. The van der Waals surface area contributed by atoms with Gasteiger partial charge in [-0.2, -0.15) is 0 Å². The number of halogens is 1. The number of rotatable bonds is 5. The van der Waals surface area contributed by atoms with E-state index in [0.29, 0.717) is 6.54 Å². The maximum atomic E-state index is 13.3. The Hall–Kier alpha value is -1.13. The third-order valence-electron chi connectivity index (χ3n) is 2.14. The fourth-order valence-electron chi connectivity index (χ4n) is 1.18. The Morgan fingerprint density at radius 2 is 2.27 bits per heavy atom. The van der Waals surface area contributed by atoms with Crippen molar-refractivity contribution < 1.29 is 14.2 Å². The summed E-state index contributed by atoms with van der Waals surface area (Å²) >= 11 is 0. The zero-order valence-corrected chi connectivity index (χ0v) is 8.96. The SMILES string of the molecule is COc1ccc(CN[C@H](C)CO)cc1F. The van der Waals surface area contributed by atoms with E-state index in [-0.39, 0.29) is 24.2 Å². The highest BCUT2D eigenvalue weighted by Crippen LogP contribution is 2.17. The lowest BCUT2D eigenvalue weighted by atomic mass is 10.2. The monoisotopic (exact) mass is 213 g/mol. The fourth-order valence-corrected chi connectivity index (χ4v) is 1.18. The molecule has 84 valence electrons. The molecule has 1 aromatic rings. The molecule has 0 aromatic heterocycles. The molecule has 3 nitrogen and oxygen atoms in total. The Morgan fingerprint density at radius 1 is 1.53 bits per heavy atom. The van der Waals surface area contributed by atoms with Crippen LogP contribution in [0.15, 0.2) is 18.2 Å². The summed E-state index contributed by atoms with van der Waals surface area (Å²) in [6, 6.07) is 4.82. The molecule has 0 fully saturated rings. The Kier molecular flexibility index (Phi) is 4.52. The summed E-state index contributed by atoms with van der Waals surface area (Å²) in [5.74, 6) is -0.123. The summed E-state index contributed by atoms with van der Waals surface area (Å²) < 4.78 is 18.1. The van der Waals surface area contributed by atoms with Crippen LogP contribution in [0.4, 0.5) is 4.39 Å². The van der Waals surface area contributed by atoms with Crippen molar-refractivity contribution in [2.45, 2.75) is 19.5 Å². The van der Waals surface area contributed by atoms with Crippen molar-refractivity contribution >= 4 is 0 Å². The van der Waals surface area contributed by atoms with Crippen molar-refractivity contribution in [3.8, 4) is 5.75 Å². The number of hydrogen-bond acceptors (Lipinski definition) is 3. The minimum absolute atomic E-state index is 0.00941. The molecule has 0 heterocycles. The second-order valence-electron chi connectivity index (χ2n) is 3.43. The average Bonchev–Trinajstić information content (AvgIpc) is 2.26. The van der Waals surface area contributed by atoms with Gasteiger partial charge >= 0.3 is 0 Å². The van der Waals surface area contributed by atoms with Gasteiger partial charge in [-0.3, -0.25) is 0 Å². The van der Waals surface area contributed by atoms with Crippen LogP contribution in [0.1, 0.15) is 12.5 Å². The Morgan fingerprint density at radius 3 is 2.80 bits per heavy atom. The molecule has 1 atom stereocenters. The molecular weight excluding hydrogens is 197 g/mol. The molecule has 0 saturated carbocycles. The van der Waals surface area contributed by atoms with Crippen molar-refractivity contribution in [3.05, 3.63) is 29.6 Å². The maximum Gasteiger partial charge on any atom is 0.165 e. The van der Waals surface area contributed by atoms with Gasteiger partial charge in [-0.1, -0.05) is 6.07 Å². The van der Waals surface area contributed by atoms with Gasteiger partial charge in [0.2, 0.25) is 0 Å². The van der Waals surface area contributed by atoms with E-state index >= 15 is 0 Å². The highest BCUT2D eigenvalue weighted by Gasteiger charge is 2.04. The third-order valence-corrected chi connectivity index (χ3v) is 2.14. The smallest absolute Gasteiger partial charge is 0.165 e. The van der Waals surface area contributed by atoms with Crippen molar-refractivity contribution in [1.29, 1.82) is 0 Å². The van der Waals surface area contributed by atoms with Crippen molar-refractivity contribution in [2.24, 2.45) is 0 Å². The molecule has 1 rings (SSSR count). The summed E-state index contributed by atoms with van der Waals surface area (Å²) in [7, 11) is 1.43. The van der Waals surface area contributed by atoms with Gasteiger partial charge in [-0.15, -0.1) is 0 Å². The third kappa shape index (κ3) is 3.49. The lowest BCUT2D eigenvalue weighted by Crippen LogP contribution is -2.28. The maximum absolute atomic E-state index is 13.3. The summed E-state index contributed by atoms with van der Waals surface area (Å²) in [5.41, 5.74) is 0.827. The quantitative estimate of drug-likeness (QED) is 0.774. The van der Waals surface area contributed by atoms with E-state index in [1.807, 2.05) is 6.92 Å². The van der Waals surface area contributed by atoms with E-state index < -0.39 is 0 Å². The zero-order chi connectivity index (χ0) is 11.3. The van der Waals surface area contributed by atoms with Crippen LogP contribution in [0.3, 0.4) is 0 Å². The van der Waals surface area contributed by atoms with Gasteiger partial charge in [-0.25, -0.2) is 4.39 Å². The standard InChI is InChI=1S/C11H16FNO2/c1-8(7-14)13-6-9-3-4-11(15-2)10(12)5-9/h3-5,8,13-14H,6-7H2,1-2H3/t8-/m1/s1. The molecule has 0 aliphatic carbocycles. The minimum Gasteiger partial charge on any atom is -0.494 e. The highest BCUT2D eigenvalue weighted by molar-refractivity contribution is 5.29. The van der Waals surface area contributed by atoms with E-state index in [0.717, 1.165) is 5.56 Å². The number of ether oxygens (including phenoxy) is 1. The van der Waals surface area contributed by atoms with Crippen LogP contribution in [-0.2, 0) is 6.54 Å². The molecule has 1 aromatic carbocycles. The van der Waals surface area contributed by atoms with Gasteiger partial charge in [-0.05, 0) is 24.6 Å². The molecular formula is C11H16FNO2. The van der Waals surface area contributed by atoms with Crippen LogP contribution in [0.2, 0.25) is 0 Å². The topological polar surface area (TPSA) is 41.5 Å². The van der Waals surface area contributed by atoms with Crippen molar-refractivity contribution in [3.63, 3.8) is 0 Å². The number of aliphatic hydroxyl groups excluding tert-OH is 1. The fraction of sp³-hybridized carbons (Fsp3) is 0.455. The Balaban J connectivity index is 2.59. The summed E-state index contributed by atoms with van der Waals surface area (Å²) in [6.07, 6.45) is 0. The number of aliphatic hydroxyl groups is 1. The number of benzene rings is 1. The van der Waals surface area contributed by atoms with Gasteiger partial charge in [0.25, 0.3) is 0 Å². The van der Waals surface area contributed by atoms with Gasteiger partial charge in [0, 0.05) is 12.6 Å². The number of nitrogens with one attached hydrogen (secondary N) is 1. The first kappa shape index (κ1) is 11.9. The first-order valence-electron chi connectivity index (χ1n) is 4.84. The molecule has 0 aliphatic rings. The zero-order valence-electron chi connectivity index (χ0n) is 8.96. The molecule has 0 bridgehead atoms. The molecule has 2 N–H and O–H groups in total. The minimum atomic E-state index is -0.367. The van der Waals surface area contributed by atoms with Crippen LogP contribution in [0.25, 0.3) is 0 Å². The predicted molar refractivity (Wildman–Crippen MR) is 56.3 cm³/mol. The summed E-state index contributed by atoms with van der Waals surface area (Å²) in [4.78, 5) is 0. The second kappa shape index (κ2) is 5.68. The Bertz CT molecular complexity index is 317. The molecule has 15 heavy (non-hydrogen) atoms. The van der Waals surface area contributed by atoms with Gasteiger partial charge in [0.15, 0.2) is 11.6 Å². The summed E-state index contributed by atoms with van der Waals surface area (Å²) in [5, 5.41) is 11.8. The first-order valence-corrected chi connectivity index (χ1v) is 4.84. The molecule has 0 radical (unpaired) electrons.